The third-order valence-electron chi connectivity index (χ3n) is 2.92. The molecule has 0 amide bonds. The maximum Gasteiger partial charge on any atom is 0.238 e. The van der Waals surface area contributed by atoms with Crippen LogP contribution < -0.4 is 15.8 Å². The smallest absolute Gasteiger partial charge is 0.238 e. The van der Waals surface area contributed by atoms with Crippen LogP contribution in [0, 0.1) is 0 Å². The molecule has 7 heteroatoms. The zero-order valence-corrected chi connectivity index (χ0v) is 12.7. The van der Waals surface area contributed by atoms with Crippen LogP contribution in [-0.4, -0.2) is 15.0 Å². The van der Waals surface area contributed by atoms with Gasteiger partial charge in [-0.3, -0.25) is 0 Å². The maximum absolute atomic E-state index is 11.5. The van der Waals surface area contributed by atoms with Gasteiger partial charge in [0.1, 0.15) is 0 Å². The standard InChI is InChI=1S/C13H17N3O2S2/c1-2-16(9-12-4-3-5-19-12)11-6-10(14)7-13(8-11)20(15,17)18/h3-8H,2,9,14H2,1H3,(H2,15,17,18). The van der Waals surface area contributed by atoms with Crippen molar-refractivity contribution in [3.63, 3.8) is 0 Å². The van der Waals surface area contributed by atoms with Crippen LogP contribution in [0.15, 0.2) is 40.6 Å². The van der Waals surface area contributed by atoms with Crippen molar-refractivity contribution in [2.24, 2.45) is 5.14 Å². The van der Waals surface area contributed by atoms with Gasteiger partial charge in [0.05, 0.1) is 11.4 Å². The van der Waals surface area contributed by atoms with Gasteiger partial charge in [0.2, 0.25) is 10.0 Å². The fourth-order valence-electron chi connectivity index (χ4n) is 1.93. The molecule has 1 aromatic heterocycles. The van der Waals surface area contributed by atoms with Gasteiger partial charge >= 0.3 is 0 Å². The Kier molecular flexibility index (Phi) is 4.32. The van der Waals surface area contributed by atoms with E-state index < -0.39 is 10.0 Å². The third kappa shape index (κ3) is 3.50. The molecule has 0 aliphatic carbocycles. The highest BCUT2D eigenvalue weighted by atomic mass is 32.2. The second kappa shape index (κ2) is 5.82. The molecule has 20 heavy (non-hydrogen) atoms. The first-order chi connectivity index (χ1) is 9.40. The molecule has 2 rings (SSSR count). The van der Waals surface area contributed by atoms with Crippen LogP contribution in [0.4, 0.5) is 11.4 Å². The average molecular weight is 311 g/mol. The molecule has 0 saturated carbocycles. The molecule has 0 radical (unpaired) electrons. The molecule has 2 aromatic rings. The summed E-state index contributed by atoms with van der Waals surface area (Å²) >= 11 is 1.66. The number of thiophene rings is 1. The largest absolute Gasteiger partial charge is 0.399 e. The van der Waals surface area contributed by atoms with Crippen LogP contribution in [0.5, 0.6) is 0 Å². The number of nitrogens with zero attached hydrogens (tertiary/aromatic N) is 1. The van der Waals surface area contributed by atoms with E-state index in [2.05, 4.69) is 4.90 Å². The summed E-state index contributed by atoms with van der Waals surface area (Å²) in [4.78, 5) is 3.29. The lowest BCUT2D eigenvalue weighted by Gasteiger charge is -2.23. The van der Waals surface area contributed by atoms with E-state index in [1.807, 2.05) is 24.4 Å². The first kappa shape index (κ1) is 14.8. The third-order valence-corrected chi connectivity index (χ3v) is 4.67. The van der Waals surface area contributed by atoms with Crippen molar-refractivity contribution < 1.29 is 8.42 Å². The monoisotopic (exact) mass is 311 g/mol. The number of nitrogens with two attached hydrogens (primary N) is 2. The quantitative estimate of drug-likeness (QED) is 0.827. The molecular weight excluding hydrogens is 294 g/mol. The van der Waals surface area contributed by atoms with Gasteiger partial charge in [-0.2, -0.15) is 0 Å². The number of sulfonamides is 1. The van der Waals surface area contributed by atoms with Crippen LogP contribution >= 0.6 is 11.3 Å². The van der Waals surface area contributed by atoms with Crippen molar-refractivity contribution in [2.45, 2.75) is 18.4 Å². The zero-order chi connectivity index (χ0) is 14.8. The highest BCUT2D eigenvalue weighted by Crippen LogP contribution is 2.25. The van der Waals surface area contributed by atoms with E-state index >= 15 is 0 Å². The summed E-state index contributed by atoms with van der Waals surface area (Å²) in [5.41, 5.74) is 6.92. The zero-order valence-electron chi connectivity index (χ0n) is 11.1. The van der Waals surface area contributed by atoms with E-state index in [1.165, 1.54) is 10.9 Å². The minimum atomic E-state index is -3.76. The molecule has 0 bridgehead atoms. The number of hydrogen-bond acceptors (Lipinski definition) is 5. The normalized spacial score (nSPS) is 11.5. The van der Waals surface area contributed by atoms with Gasteiger partial charge in [-0.25, -0.2) is 13.6 Å². The predicted molar refractivity (Wildman–Crippen MR) is 83.3 cm³/mol. The summed E-state index contributed by atoms with van der Waals surface area (Å²) in [6.45, 7) is 3.46. The highest BCUT2D eigenvalue weighted by molar-refractivity contribution is 7.89. The summed E-state index contributed by atoms with van der Waals surface area (Å²) in [5.74, 6) is 0. The van der Waals surface area contributed by atoms with Crippen molar-refractivity contribution in [1.29, 1.82) is 0 Å². The fourth-order valence-corrected chi connectivity index (χ4v) is 3.23. The number of nitrogen functional groups attached to an aromatic ring is 1. The Bertz CT molecular complexity index is 682. The number of rotatable bonds is 5. The van der Waals surface area contributed by atoms with Crippen molar-refractivity contribution in [3.8, 4) is 0 Å². The second-order valence-corrected chi connectivity index (χ2v) is 6.99. The topological polar surface area (TPSA) is 89.4 Å². The summed E-state index contributed by atoms with van der Waals surface area (Å²) < 4.78 is 22.9. The summed E-state index contributed by atoms with van der Waals surface area (Å²) in [6, 6.07) is 8.72. The molecule has 4 N–H and O–H groups in total. The minimum absolute atomic E-state index is 0.0390. The van der Waals surface area contributed by atoms with Gasteiger partial charge in [0.15, 0.2) is 0 Å². The molecule has 0 spiro atoms. The Balaban J connectivity index is 2.37. The van der Waals surface area contributed by atoms with Gasteiger partial charge in [-0.05, 0) is 36.6 Å². The minimum Gasteiger partial charge on any atom is -0.399 e. The molecule has 0 saturated heterocycles. The average Bonchev–Trinajstić information content (AvgIpc) is 2.87. The molecule has 0 aliphatic heterocycles. The van der Waals surface area contributed by atoms with Crippen LogP contribution in [0.1, 0.15) is 11.8 Å². The molecule has 0 unspecified atom stereocenters. The van der Waals surface area contributed by atoms with Gasteiger partial charge < -0.3 is 10.6 Å². The van der Waals surface area contributed by atoms with Crippen LogP contribution in [0.2, 0.25) is 0 Å². The molecular formula is C13H17N3O2S2. The molecule has 0 atom stereocenters. The van der Waals surface area contributed by atoms with Crippen molar-refractivity contribution >= 4 is 32.7 Å². The predicted octanol–water partition coefficient (Wildman–Crippen LogP) is 2.00. The summed E-state index contributed by atoms with van der Waals surface area (Å²) in [7, 11) is -3.76. The number of benzene rings is 1. The Morgan fingerprint density at radius 2 is 2.05 bits per heavy atom. The van der Waals surface area contributed by atoms with Crippen molar-refractivity contribution in [2.75, 3.05) is 17.2 Å². The lowest BCUT2D eigenvalue weighted by molar-refractivity contribution is 0.598. The van der Waals surface area contributed by atoms with Crippen molar-refractivity contribution in [3.05, 3.63) is 40.6 Å². The van der Waals surface area contributed by atoms with Gasteiger partial charge in [-0.15, -0.1) is 11.3 Å². The van der Waals surface area contributed by atoms with Crippen LogP contribution in [0.25, 0.3) is 0 Å². The Morgan fingerprint density at radius 3 is 2.60 bits per heavy atom. The first-order valence-corrected chi connectivity index (χ1v) is 8.53. The van der Waals surface area contributed by atoms with E-state index in [9.17, 15) is 8.42 Å². The maximum atomic E-state index is 11.5. The molecule has 1 heterocycles. The SMILES string of the molecule is CCN(Cc1cccs1)c1cc(N)cc(S(N)(=O)=O)c1. The Labute approximate surface area is 122 Å². The second-order valence-electron chi connectivity index (χ2n) is 4.40. The Hall–Kier alpha value is -1.57. The lowest BCUT2D eigenvalue weighted by Crippen LogP contribution is -2.22. The van der Waals surface area contributed by atoms with E-state index in [0.29, 0.717) is 12.2 Å². The Morgan fingerprint density at radius 1 is 1.30 bits per heavy atom. The number of anilines is 2. The van der Waals surface area contributed by atoms with Gasteiger partial charge in [0.25, 0.3) is 0 Å². The van der Waals surface area contributed by atoms with Gasteiger partial charge in [-0.1, -0.05) is 6.07 Å². The summed E-state index contributed by atoms with van der Waals surface area (Å²) in [5, 5.41) is 7.18. The molecule has 0 aliphatic rings. The lowest BCUT2D eigenvalue weighted by atomic mass is 10.2. The van der Waals surface area contributed by atoms with E-state index in [-0.39, 0.29) is 4.90 Å². The molecule has 0 fully saturated rings. The van der Waals surface area contributed by atoms with Crippen LogP contribution in [0.3, 0.4) is 0 Å². The number of hydrogen-bond donors (Lipinski definition) is 2. The highest BCUT2D eigenvalue weighted by Gasteiger charge is 2.13. The van der Waals surface area contributed by atoms with E-state index in [0.717, 1.165) is 12.2 Å². The fraction of sp³-hybridized carbons (Fsp3) is 0.231. The summed E-state index contributed by atoms with van der Waals surface area (Å²) in [6.07, 6.45) is 0. The molecule has 108 valence electrons. The van der Waals surface area contributed by atoms with Crippen molar-refractivity contribution in [1.82, 2.24) is 0 Å². The molecule has 1 aromatic carbocycles. The number of primary sulfonamides is 1. The van der Waals surface area contributed by atoms with E-state index in [4.69, 9.17) is 10.9 Å². The van der Waals surface area contributed by atoms with Crippen LogP contribution in [-0.2, 0) is 16.6 Å². The van der Waals surface area contributed by atoms with E-state index in [1.54, 1.807) is 23.5 Å². The van der Waals surface area contributed by atoms with Gasteiger partial charge in [0, 0.05) is 22.8 Å². The first-order valence-electron chi connectivity index (χ1n) is 6.11. The molecule has 5 nitrogen and oxygen atoms in total.